The molecule has 0 spiro atoms. The second-order valence-corrected chi connectivity index (χ2v) is 3.47. The zero-order valence-electron chi connectivity index (χ0n) is 7.88. The van der Waals surface area contributed by atoms with Gasteiger partial charge < -0.3 is 4.90 Å². The van der Waals surface area contributed by atoms with Gasteiger partial charge in [0.05, 0.1) is 5.84 Å². The minimum Gasteiger partial charge on any atom is -0.330 e. The van der Waals surface area contributed by atoms with E-state index in [4.69, 9.17) is 5.41 Å². The molecule has 2 heteroatoms. The topological polar surface area (TPSA) is 27.1 Å². The summed E-state index contributed by atoms with van der Waals surface area (Å²) in [6, 6.07) is 8.37. The Balaban J connectivity index is 2.42. The first-order valence-electron chi connectivity index (χ1n) is 4.69. The van der Waals surface area contributed by atoms with E-state index in [1.807, 2.05) is 13.0 Å². The van der Waals surface area contributed by atoms with E-state index in [9.17, 15) is 0 Å². The minimum atomic E-state index is 0.646. The zero-order chi connectivity index (χ0) is 9.26. The van der Waals surface area contributed by atoms with Gasteiger partial charge in [0.25, 0.3) is 0 Å². The van der Waals surface area contributed by atoms with Crippen molar-refractivity contribution in [2.75, 3.05) is 11.4 Å². The molecule has 0 fully saturated rings. The van der Waals surface area contributed by atoms with Crippen molar-refractivity contribution in [2.45, 2.75) is 19.8 Å². The largest absolute Gasteiger partial charge is 0.330 e. The molecule has 1 heterocycles. The van der Waals surface area contributed by atoms with Crippen LogP contribution in [-0.2, 0) is 6.42 Å². The fourth-order valence-corrected chi connectivity index (χ4v) is 1.88. The molecule has 0 saturated carbocycles. The zero-order valence-corrected chi connectivity index (χ0v) is 7.88. The van der Waals surface area contributed by atoms with Gasteiger partial charge in [0.2, 0.25) is 0 Å². The van der Waals surface area contributed by atoms with Gasteiger partial charge in [-0.25, -0.2) is 0 Å². The van der Waals surface area contributed by atoms with Crippen molar-refractivity contribution < 1.29 is 0 Å². The number of nitrogens with one attached hydrogen (secondary N) is 1. The van der Waals surface area contributed by atoms with Gasteiger partial charge >= 0.3 is 0 Å². The third-order valence-corrected chi connectivity index (χ3v) is 2.52. The molecule has 0 atom stereocenters. The summed E-state index contributed by atoms with van der Waals surface area (Å²) in [5, 5.41) is 7.65. The summed E-state index contributed by atoms with van der Waals surface area (Å²) < 4.78 is 0. The third-order valence-electron chi connectivity index (χ3n) is 2.52. The van der Waals surface area contributed by atoms with Gasteiger partial charge in [0.15, 0.2) is 0 Å². The number of rotatable bonds is 0. The summed E-state index contributed by atoms with van der Waals surface area (Å²) in [4.78, 5) is 2.08. The molecule has 1 N–H and O–H groups in total. The summed E-state index contributed by atoms with van der Waals surface area (Å²) in [6.45, 7) is 2.84. The van der Waals surface area contributed by atoms with Crippen LogP contribution in [0.2, 0.25) is 0 Å². The number of hydrogen-bond acceptors (Lipinski definition) is 1. The van der Waals surface area contributed by atoms with Crippen LogP contribution in [0.5, 0.6) is 0 Å². The number of anilines is 1. The van der Waals surface area contributed by atoms with Crippen LogP contribution in [0.3, 0.4) is 0 Å². The predicted molar refractivity (Wildman–Crippen MR) is 55.5 cm³/mol. The van der Waals surface area contributed by atoms with E-state index in [1.165, 1.54) is 11.3 Å². The Morgan fingerprint density at radius 2 is 2.15 bits per heavy atom. The van der Waals surface area contributed by atoms with Crippen LogP contribution in [0, 0.1) is 5.41 Å². The first-order chi connectivity index (χ1) is 6.29. The van der Waals surface area contributed by atoms with Crippen molar-refractivity contribution in [3.8, 4) is 0 Å². The normalized spacial score (nSPS) is 15.3. The second kappa shape index (κ2) is 3.21. The summed E-state index contributed by atoms with van der Waals surface area (Å²) in [6.07, 6.45) is 2.31. The Hall–Kier alpha value is -1.31. The first kappa shape index (κ1) is 8.30. The van der Waals surface area contributed by atoms with Crippen molar-refractivity contribution in [1.82, 2.24) is 0 Å². The van der Waals surface area contributed by atoms with E-state index in [1.54, 1.807) is 0 Å². The smallest absolute Gasteiger partial charge is 0.0970 e. The van der Waals surface area contributed by atoms with Crippen LogP contribution in [0.25, 0.3) is 0 Å². The van der Waals surface area contributed by atoms with Crippen LogP contribution >= 0.6 is 0 Å². The van der Waals surface area contributed by atoms with Gasteiger partial charge in [-0.2, -0.15) is 0 Å². The predicted octanol–water partition coefficient (Wildman–Crippen LogP) is 2.44. The number of nitrogens with zero attached hydrogens (tertiary/aromatic N) is 1. The number of aryl methyl sites for hydroxylation is 1. The average molecular weight is 174 g/mol. The molecule has 0 saturated heterocycles. The van der Waals surface area contributed by atoms with Gasteiger partial charge in [-0.1, -0.05) is 18.2 Å². The summed E-state index contributed by atoms with van der Waals surface area (Å²) in [7, 11) is 0. The summed E-state index contributed by atoms with van der Waals surface area (Å²) in [5.74, 6) is 0.646. The molecule has 1 aromatic rings. The third kappa shape index (κ3) is 1.44. The van der Waals surface area contributed by atoms with E-state index in [-0.39, 0.29) is 0 Å². The molecule has 13 heavy (non-hydrogen) atoms. The van der Waals surface area contributed by atoms with Crippen LogP contribution in [-0.4, -0.2) is 12.4 Å². The lowest BCUT2D eigenvalue weighted by Crippen LogP contribution is -2.32. The van der Waals surface area contributed by atoms with Crippen LogP contribution < -0.4 is 4.90 Å². The van der Waals surface area contributed by atoms with E-state index in [2.05, 4.69) is 23.1 Å². The molecule has 1 aliphatic heterocycles. The Morgan fingerprint density at radius 3 is 2.92 bits per heavy atom. The van der Waals surface area contributed by atoms with Crippen molar-refractivity contribution in [3.05, 3.63) is 29.8 Å². The van der Waals surface area contributed by atoms with E-state index in [0.29, 0.717) is 5.84 Å². The molecule has 1 aliphatic rings. The van der Waals surface area contributed by atoms with Crippen molar-refractivity contribution in [2.24, 2.45) is 0 Å². The quantitative estimate of drug-likeness (QED) is 0.474. The summed E-state index contributed by atoms with van der Waals surface area (Å²) in [5.41, 5.74) is 2.60. The SMILES string of the molecule is CC(=N)N1CCCc2ccccc21. The molecule has 2 nitrogen and oxygen atoms in total. The van der Waals surface area contributed by atoms with Crippen molar-refractivity contribution >= 4 is 11.5 Å². The van der Waals surface area contributed by atoms with Gasteiger partial charge in [0.1, 0.15) is 0 Å². The maximum atomic E-state index is 7.65. The van der Waals surface area contributed by atoms with Gasteiger partial charge in [-0.05, 0) is 31.4 Å². The van der Waals surface area contributed by atoms with Gasteiger partial charge in [-0.3, -0.25) is 5.41 Å². The Kier molecular flexibility index (Phi) is 2.05. The molecule has 1 aromatic carbocycles. The fourth-order valence-electron chi connectivity index (χ4n) is 1.88. The molecule has 0 bridgehead atoms. The van der Waals surface area contributed by atoms with Gasteiger partial charge in [-0.15, -0.1) is 0 Å². The monoisotopic (exact) mass is 174 g/mol. The lowest BCUT2D eigenvalue weighted by molar-refractivity contribution is 0.775. The Labute approximate surface area is 78.7 Å². The number of para-hydroxylation sites is 1. The number of amidine groups is 1. The Bertz CT molecular complexity index is 331. The lowest BCUT2D eigenvalue weighted by atomic mass is 10.0. The maximum absolute atomic E-state index is 7.65. The minimum absolute atomic E-state index is 0.646. The molecule has 68 valence electrons. The highest BCUT2D eigenvalue weighted by atomic mass is 15.2. The molecule has 0 aliphatic carbocycles. The molecule has 0 amide bonds. The highest BCUT2D eigenvalue weighted by Gasteiger charge is 2.16. The molecule has 0 radical (unpaired) electrons. The van der Waals surface area contributed by atoms with Crippen molar-refractivity contribution in [3.63, 3.8) is 0 Å². The maximum Gasteiger partial charge on any atom is 0.0970 e. The summed E-state index contributed by atoms with van der Waals surface area (Å²) >= 11 is 0. The Morgan fingerprint density at radius 1 is 1.38 bits per heavy atom. The van der Waals surface area contributed by atoms with Gasteiger partial charge in [0, 0.05) is 12.2 Å². The highest BCUT2D eigenvalue weighted by molar-refractivity contribution is 5.94. The average Bonchev–Trinajstić information content (AvgIpc) is 2.17. The molecular weight excluding hydrogens is 160 g/mol. The van der Waals surface area contributed by atoms with Crippen LogP contribution in [0.4, 0.5) is 5.69 Å². The molecule has 2 rings (SSSR count). The molecule has 0 aromatic heterocycles. The number of fused-ring (bicyclic) bond motifs is 1. The number of benzene rings is 1. The molecule has 0 unspecified atom stereocenters. The number of hydrogen-bond donors (Lipinski definition) is 1. The highest BCUT2D eigenvalue weighted by Crippen LogP contribution is 2.26. The van der Waals surface area contributed by atoms with E-state index >= 15 is 0 Å². The first-order valence-corrected chi connectivity index (χ1v) is 4.69. The van der Waals surface area contributed by atoms with E-state index < -0.39 is 0 Å². The van der Waals surface area contributed by atoms with Crippen LogP contribution in [0.15, 0.2) is 24.3 Å². The lowest BCUT2D eigenvalue weighted by Gasteiger charge is -2.30. The fraction of sp³-hybridized carbons (Fsp3) is 0.364. The van der Waals surface area contributed by atoms with Crippen molar-refractivity contribution in [1.29, 1.82) is 5.41 Å². The van der Waals surface area contributed by atoms with E-state index in [0.717, 1.165) is 19.4 Å². The second-order valence-electron chi connectivity index (χ2n) is 3.47. The standard InChI is InChI=1S/C11H14N2/c1-9(12)13-8-4-6-10-5-2-3-7-11(10)13/h2-3,5,7,12H,4,6,8H2,1H3. The molecular formula is C11H14N2. The van der Waals surface area contributed by atoms with Crippen LogP contribution in [0.1, 0.15) is 18.9 Å².